The van der Waals surface area contributed by atoms with Gasteiger partial charge >= 0.3 is 5.97 Å². The highest BCUT2D eigenvalue weighted by atomic mass is 32.2. The van der Waals surface area contributed by atoms with E-state index in [2.05, 4.69) is 11.9 Å². The van der Waals surface area contributed by atoms with Crippen LogP contribution in [0.2, 0.25) is 0 Å². The minimum absolute atomic E-state index is 0.0460. The molecule has 0 aliphatic carbocycles. The Balaban J connectivity index is 3.93. The van der Waals surface area contributed by atoms with Gasteiger partial charge in [0.05, 0.1) is 13.2 Å². The van der Waals surface area contributed by atoms with Gasteiger partial charge in [-0.3, -0.25) is 4.79 Å². The molecule has 1 atom stereocenters. The van der Waals surface area contributed by atoms with Crippen molar-refractivity contribution in [2.75, 3.05) is 25.2 Å². The van der Waals surface area contributed by atoms with Crippen LogP contribution in [0, 0.1) is 0 Å². The topological polar surface area (TPSA) is 75.6 Å². The molecule has 0 aliphatic rings. The van der Waals surface area contributed by atoms with Crippen molar-refractivity contribution in [3.63, 3.8) is 0 Å². The summed E-state index contributed by atoms with van der Waals surface area (Å²) >= 11 is 1.65. The Morgan fingerprint density at radius 2 is 2.29 bits per heavy atom. The molecule has 98 valence electrons. The lowest BCUT2D eigenvalue weighted by Crippen LogP contribution is -2.44. The molecule has 0 heterocycles. The molecule has 0 saturated heterocycles. The van der Waals surface area contributed by atoms with Gasteiger partial charge in [-0.05, 0) is 18.4 Å². The fourth-order valence-corrected chi connectivity index (χ4v) is 1.52. The molecule has 0 rings (SSSR count). The Hall–Kier alpha value is -1.01. The SMILES string of the molecule is C=CCOCC(NC(=O)CCCSC)C(=O)O. The molecular formula is C11H19NO4S. The third-order valence-corrected chi connectivity index (χ3v) is 2.60. The van der Waals surface area contributed by atoms with E-state index < -0.39 is 12.0 Å². The predicted octanol–water partition coefficient (Wildman–Crippen LogP) is 0.902. The maximum absolute atomic E-state index is 11.4. The summed E-state index contributed by atoms with van der Waals surface area (Å²) in [4.78, 5) is 22.2. The number of carboxylic acids is 1. The highest BCUT2D eigenvalue weighted by Gasteiger charge is 2.19. The van der Waals surface area contributed by atoms with Crippen LogP contribution in [0.4, 0.5) is 0 Å². The van der Waals surface area contributed by atoms with Gasteiger partial charge in [-0.15, -0.1) is 6.58 Å². The van der Waals surface area contributed by atoms with Crippen LogP contribution in [0.15, 0.2) is 12.7 Å². The van der Waals surface area contributed by atoms with Crippen molar-refractivity contribution >= 4 is 23.6 Å². The van der Waals surface area contributed by atoms with Crippen LogP contribution in [-0.2, 0) is 14.3 Å². The molecule has 0 spiro atoms. The van der Waals surface area contributed by atoms with Gasteiger partial charge in [0, 0.05) is 6.42 Å². The zero-order valence-corrected chi connectivity index (χ0v) is 10.8. The van der Waals surface area contributed by atoms with E-state index >= 15 is 0 Å². The molecule has 0 aromatic carbocycles. The summed E-state index contributed by atoms with van der Waals surface area (Å²) in [5, 5.41) is 11.3. The molecule has 0 fully saturated rings. The number of carboxylic acid groups (broad SMARTS) is 1. The molecule has 0 bridgehead atoms. The van der Waals surface area contributed by atoms with Crippen molar-refractivity contribution < 1.29 is 19.4 Å². The smallest absolute Gasteiger partial charge is 0.328 e. The minimum atomic E-state index is -1.09. The summed E-state index contributed by atoms with van der Waals surface area (Å²) in [6.07, 6.45) is 4.57. The Kier molecular flexibility index (Phi) is 9.56. The van der Waals surface area contributed by atoms with Crippen molar-refractivity contribution in [1.29, 1.82) is 0 Å². The summed E-state index contributed by atoms with van der Waals surface area (Å²) < 4.78 is 5.02. The van der Waals surface area contributed by atoms with Gasteiger partial charge < -0.3 is 15.2 Å². The van der Waals surface area contributed by atoms with Crippen molar-refractivity contribution in [3.05, 3.63) is 12.7 Å². The Bertz CT molecular complexity index is 258. The van der Waals surface area contributed by atoms with Gasteiger partial charge in [-0.1, -0.05) is 6.08 Å². The molecule has 17 heavy (non-hydrogen) atoms. The van der Waals surface area contributed by atoms with Gasteiger partial charge in [0.25, 0.3) is 0 Å². The lowest BCUT2D eigenvalue weighted by Gasteiger charge is -2.14. The number of rotatable bonds is 10. The third kappa shape index (κ3) is 8.76. The molecule has 1 unspecified atom stereocenters. The average molecular weight is 261 g/mol. The zero-order valence-electron chi connectivity index (χ0n) is 9.98. The van der Waals surface area contributed by atoms with Crippen molar-refractivity contribution in [3.8, 4) is 0 Å². The molecule has 0 radical (unpaired) electrons. The van der Waals surface area contributed by atoms with E-state index in [1.165, 1.54) is 6.08 Å². The molecule has 6 heteroatoms. The monoisotopic (exact) mass is 261 g/mol. The number of ether oxygens (including phenoxy) is 1. The Labute approximate surface area is 106 Å². The second-order valence-electron chi connectivity index (χ2n) is 3.38. The predicted molar refractivity (Wildman–Crippen MR) is 68.2 cm³/mol. The molecule has 0 aromatic heterocycles. The highest BCUT2D eigenvalue weighted by Crippen LogP contribution is 1.99. The van der Waals surface area contributed by atoms with Gasteiger partial charge in [-0.25, -0.2) is 4.79 Å². The number of hydrogen-bond acceptors (Lipinski definition) is 4. The number of aliphatic carboxylic acids is 1. The van der Waals surface area contributed by atoms with E-state index in [4.69, 9.17) is 9.84 Å². The standard InChI is InChI=1S/C11H19NO4S/c1-3-6-16-8-9(11(14)15)12-10(13)5-4-7-17-2/h3,9H,1,4-8H2,2H3,(H,12,13)(H,14,15). The van der Waals surface area contributed by atoms with Crippen LogP contribution >= 0.6 is 11.8 Å². The summed E-state index contributed by atoms with van der Waals surface area (Å²) in [5.41, 5.74) is 0. The highest BCUT2D eigenvalue weighted by molar-refractivity contribution is 7.98. The van der Waals surface area contributed by atoms with Gasteiger partial charge in [0.2, 0.25) is 5.91 Å². The van der Waals surface area contributed by atoms with Crippen LogP contribution in [-0.4, -0.2) is 48.2 Å². The molecule has 5 nitrogen and oxygen atoms in total. The molecule has 0 aromatic rings. The van der Waals surface area contributed by atoms with Crippen molar-refractivity contribution in [2.24, 2.45) is 0 Å². The van der Waals surface area contributed by atoms with E-state index in [1.807, 2.05) is 6.26 Å². The molecule has 0 aliphatic heterocycles. The van der Waals surface area contributed by atoms with Crippen molar-refractivity contribution in [1.82, 2.24) is 5.32 Å². The summed E-state index contributed by atoms with van der Waals surface area (Å²) in [5.74, 6) is -0.459. The van der Waals surface area contributed by atoms with Crippen LogP contribution in [0.3, 0.4) is 0 Å². The van der Waals surface area contributed by atoms with Crippen molar-refractivity contribution in [2.45, 2.75) is 18.9 Å². The first-order chi connectivity index (χ1) is 8.11. The van der Waals surface area contributed by atoms with Gasteiger partial charge in [0.15, 0.2) is 6.04 Å². The minimum Gasteiger partial charge on any atom is -0.480 e. The van der Waals surface area contributed by atoms with Crippen LogP contribution in [0.25, 0.3) is 0 Å². The quantitative estimate of drug-likeness (QED) is 0.451. The first-order valence-corrected chi connectivity index (χ1v) is 6.71. The average Bonchev–Trinajstić information content (AvgIpc) is 2.28. The number of carbonyl (C=O) groups excluding carboxylic acids is 1. The van der Waals surface area contributed by atoms with Crippen LogP contribution in [0.1, 0.15) is 12.8 Å². The number of carbonyl (C=O) groups is 2. The van der Waals surface area contributed by atoms with E-state index in [9.17, 15) is 9.59 Å². The number of nitrogens with one attached hydrogen (secondary N) is 1. The summed E-state index contributed by atoms with van der Waals surface area (Å²) in [6, 6.07) is -0.989. The maximum Gasteiger partial charge on any atom is 0.328 e. The fraction of sp³-hybridized carbons (Fsp3) is 0.636. The van der Waals surface area contributed by atoms with E-state index in [1.54, 1.807) is 11.8 Å². The lowest BCUT2D eigenvalue weighted by molar-refractivity contribution is -0.143. The second kappa shape index (κ2) is 10.2. The summed E-state index contributed by atoms with van der Waals surface area (Å²) in [7, 11) is 0. The molecule has 0 saturated carbocycles. The largest absolute Gasteiger partial charge is 0.480 e. The van der Waals surface area contributed by atoms with Crippen LogP contribution in [0.5, 0.6) is 0 Å². The second-order valence-corrected chi connectivity index (χ2v) is 4.37. The number of amides is 1. The number of thioether (sulfide) groups is 1. The van der Waals surface area contributed by atoms with E-state index in [-0.39, 0.29) is 19.1 Å². The lowest BCUT2D eigenvalue weighted by atomic mass is 10.2. The first kappa shape index (κ1) is 16.0. The van der Waals surface area contributed by atoms with Gasteiger partial charge in [0.1, 0.15) is 0 Å². The Morgan fingerprint density at radius 3 is 2.82 bits per heavy atom. The Morgan fingerprint density at radius 1 is 1.59 bits per heavy atom. The first-order valence-electron chi connectivity index (χ1n) is 5.31. The van der Waals surface area contributed by atoms with E-state index in [0.29, 0.717) is 6.42 Å². The van der Waals surface area contributed by atoms with E-state index in [0.717, 1.165) is 12.2 Å². The molecular weight excluding hydrogens is 242 g/mol. The maximum atomic E-state index is 11.4. The normalized spacial score (nSPS) is 11.8. The number of hydrogen-bond donors (Lipinski definition) is 2. The van der Waals surface area contributed by atoms with Gasteiger partial charge in [-0.2, -0.15) is 11.8 Å². The third-order valence-electron chi connectivity index (χ3n) is 1.91. The fourth-order valence-electron chi connectivity index (χ4n) is 1.09. The molecule has 1 amide bonds. The van der Waals surface area contributed by atoms with Crippen LogP contribution < -0.4 is 5.32 Å². The summed E-state index contributed by atoms with van der Waals surface area (Å²) in [6.45, 7) is 3.68. The zero-order chi connectivity index (χ0) is 13.1. The molecule has 2 N–H and O–H groups in total.